The summed E-state index contributed by atoms with van der Waals surface area (Å²) in [6, 6.07) is 10.1. The fourth-order valence-electron chi connectivity index (χ4n) is 2.22. The van der Waals surface area contributed by atoms with Crippen molar-refractivity contribution in [3.8, 4) is 5.75 Å². The fraction of sp³-hybridized carbons (Fsp3) is 0.200. The van der Waals surface area contributed by atoms with E-state index in [0.717, 1.165) is 34.5 Å². The SMILES string of the molecule is COc1cccc(CCc2nc(Br)c3ccncn23)c1. The van der Waals surface area contributed by atoms with Crippen molar-refractivity contribution in [2.24, 2.45) is 0 Å². The molecule has 0 saturated heterocycles. The number of imidazole rings is 1. The molecule has 2 aromatic heterocycles. The average molecular weight is 332 g/mol. The van der Waals surface area contributed by atoms with Crippen LogP contribution in [0.2, 0.25) is 0 Å². The van der Waals surface area contributed by atoms with E-state index < -0.39 is 0 Å². The van der Waals surface area contributed by atoms with Crippen LogP contribution in [-0.4, -0.2) is 21.5 Å². The van der Waals surface area contributed by atoms with Crippen LogP contribution in [0.4, 0.5) is 0 Å². The lowest BCUT2D eigenvalue weighted by atomic mass is 10.1. The van der Waals surface area contributed by atoms with Crippen molar-refractivity contribution in [1.29, 1.82) is 0 Å². The van der Waals surface area contributed by atoms with Gasteiger partial charge in [-0.2, -0.15) is 0 Å². The molecule has 3 rings (SSSR count). The zero-order valence-electron chi connectivity index (χ0n) is 11.1. The molecule has 0 bridgehead atoms. The van der Waals surface area contributed by atoms with Crippen LogP contribution in [0.1, 0.15) is 11.4 Å². The number of hydrogen-bond acceptors (Lipinski definition) is 3. The van der Waals surface area contributed by atoms with Gasteiger partial charge in [-0.1, -0.05) is 12.1 Å². The first-order chi connectivity index (χ1) is 9.78. The number of methoxy groups -OCH3 is 1. The van der Waals surface area contributed by atoms with Crippen molar-refractivity contribution in [3.05, 3.63) is 58.8 Å². The summed E-state index contributed by atoms with van der Waals surface area (Å²) in [7, 11) is 1.68. The Kier molecular flexibility index (Phi) is 3.69. The predicted octanol–water partition coefficient (Wildman–Crippen LogP) is 3.29. The number of halogens is 1. The molecule has 0 unspecified atom stereocenters. The Bertz CT molecular complexity index is 739. The summed E-state index contributed by atoms with van der Waals surface area (Å²) >= 11 is 3.49. The van der Waals surface area contributed by atoms with E-state index >= 15 is 0 Å². The van der Waals surface area contributed by atoms with Crippen molar-refractivity contribution in [3.63, 3.8) is 0 Å². The molecule has 20 heavy (non-hydrogen) atoms. The van der Waals surface area contributed by atoms with Gasteiger partial charge in [0.05, 0.1) is 12.6 Å². The molecule has 5 heteroatoms. The van der Waals surface area contributed by atoms with Gasteiger partial charge in [0.1, 0.15) is 22.5 Å². The third-order valence-corrected chi connectivity index (χ3v) is 3.83. The van der Waals surface area contributed by atoms with E-state index in [4.69, 9.17) is 4.74 Å². The van der Waals surface area contributed by atoms with Crippen LogP contribution in [0.25, 0.3) is 5.52 Å². The van der Waals surface area contributed by atoms with Crippen LogP contribution < -0.4 is 4.74 Å². The minimum absolute atomic E-state index is 0.853. The third-order valence-electron chi connectivity index (χ3n) is 3.25. The summed E-state index contributed by atoms with van der Waals surface area (Å²) in [5, 5.41) is 0. The normalized spacial score (nSPS) is 10.9. The molecule has 0 amide bonds. The van der Waals surface area contributed by atoms with Gasteiger partial charge in [0.25, 0.3) is 0 Å². The first kappa shape index (κ1) is 13.1. The summed E-state index contributed by atoms with van der Waals surface area (Å²) in [5.74, 6) is 1.89. The Morgan fingerprint density at radius 1 is 1.25 bits per heavy atom. The minimum atomic E-state index is 0.853. The Hall–Kier alpha value is -1.88. The number of aryl methyl sites for hydroxylation is 2. The Balaban J connectivity index is 1.83. The van der Waals surface area contributed by atoms with Crippen LogP contribution in [0.15, 0.2) is 47.5 Å². The van der Waals surface area contributed by atoms with Gasteiger partial charge in [0, 0.05) is 12.6 Å². The second-order valence-corrected chi connectivity index (χ2v) is 5.26. The Morgan fingerprint density at radius 3 is 3.00 bits per heavy atom. The highest BCUT2D eigenvalue weighted by molar-refractivity contribution is 9.10. The molecule has 0 atom stereocenters. The second kappa shape index (κ2) is 5.63. The lowest BCUT2D eigenvalue weighted by molar-refractivity contribution is 0.414. The van der Waals surface area contributed by atoms with E-state index in [1.807, 2.05) is 22.6 Å². The second-order valence-electron chi connectivity index (χ2n) is 4.51. The molecule has 2 heterocycles. The third kappa shape index (κ3) is 2.54. The van der Waals surface area contributed by atoms with Crippen LogP contribution in [0.3, 0.4) is 0 Å². The molecule has 0 fully saturated rings. The maximum absolute atomic E-state index is 5.24. The number of nitrogens with zero attached hydrogens (tertiary/aromatic N) is 3. The predicted molar refractivity (Wildman–Crippen MR) is 81.1 cm³/mol. The van der Waals surface area contributed by atoms with Gasteiger partial charge in [0.2, 0.25) is 0 Å². The van der Waals surface area contributed by atoms with Crippen LogP contribution in [-0.2, 0) is 12.8 Å². The molecule has 0 N–H and O–H groups in total. The van der Waals surface area contributed by atoms with Crippen LogP contribution >= 0.6 is 15.9 Å². The first-order valence-electron chi connectivity index (χ1n) is 6.37. The molecule has 0 aliphatic heterocycles. The van der Waals surface area contributed by atoms with E-state index in [2.05, 4.69) is 38.0 Å². The van der Waals surface area contributed by atoms with E-state index in [0.29, 0.717) is 0 Å². The molecule has 0 aliphatic rings. The van der Waals surface area contributed by atoms with Crippen molar-refractivity contribution in [1.82, 2.24) is 14.4 Å². The molecule has 0 aliphatic carbocycles. The van der Waals surface area contributed by atoms with Gasteiger partial charge in [-0.3, -0.25) is 4.40 Å². The first-order valence-corrected chi connectivity index (χ1v) is 7.16. The molecule has 3 aromatic rings. The number of benzene rings is 1. The lowest BCUT2D eigenvalue weighted by Crippen LogP contribution is -1.98. The topological polar surface area (TPSA) is 39.4 Å². The van der Waals surface area contributed by atoms with Crippen molar-refractivity contribution >= 4 is 21.4 Å². The molecular weight excluding hydrogens is 318 g/mol. The zero-order valence-corrected chi connectivity index (χ0v) is 12.7. The number of aromatic nitrogens is 3. The molecule has 0 spiro atoms. The number of fused-ring (bicyclic) bond motifs is 1. The maximum atomic E-state index is 5.24. The highest BCUT2D eigenvalue weighted by Crippen LogP contribution is 2.20. The van der Waals surface area contributed by atoms with Crippen molar-refractivity contribution in [2.75, 3.05) is 7.11 Å². The molecular formula is C15H14BrN3O. The van der Waals surface area contributed by atoms with Gasteiger partial charge in [-0.05, 0) is 46.1 Å². The van der Waals surface area contributed by atoms with Crippen LogP contribution in [0.5, 0.6) is 5.75 Å². The number of rotatable bonds is 4. The molecule has 0 saturated carbocycles. The van der Waals surface area contributed by atoms with Crippen molar-refractivity contribution in [2.45, 2.75) is 12.8 Å². The smallest absolute Gasteiger partial charge is 0.132 e. The summed E-state index contributed by atoms with van der Waals surface area (Å²) in [4.78, 5) is 8.71. The number of hydrogen-bond donors (Lipinski definition) is 0. The highest BCUT2D eigenvalue weighted by Gasteiger charge is 2.08. The van der Waals surface area contributed by atoms with Gasteiger partial charge in [-0.15, -0.1) is 0 Å². The van der Waals surface area contributed by atoms with Crippen molar-refractivity contribution < 1.29 is 4.74 Å². The molecule has 4 nitrogen and oxygen atoms in total. The quantitative estimate of drug-likeness (QED) is 0.736. The fourth-order valence-corrected chi connectivity index (χ4v) is 2.75. The van der Waals surface area contributed by atoms with Gasteiger partial charge in [-0.25, -0.2) is 9.97 Å². The van der Waals surface area contributed by atoms with Gasteiger partial charge in [0.15, 0.2) is 0 Å². The minimum Gasteiger partial charge on any atom is -0.497 e. The van der Waals surface area contributed by atoms with Crippen LogP contribution in [0, 0.1) is 0 Å². The molecule has 102 valence electrons. The van der Waals surface area contributed by atoms with E-state index in [-0.39, 0.29) is 0 Å². The monoisotopic (exact) mass is 331 g/mol. The standard InChI is InChI=1S/C15H14BrN3O/c1-20-12-4-2-3-11(9-12)5-6-14-18-15(16)13-7-8-17-10-19(13)14/h2-4,7-10H,5-6H2,1H3. The largest absolute Gasteiger partial charge is 0.497 e. The van der Waals surface area contributed by atoms with E-state index in [9.17, 15) is 0 Å². The molecule has 0 radical (unpaired) electrons. The summed E-state index contributed by atoms with van der Waals surface area (Å²) < 4.78 is 8.12. The maximum Gasteiger partial charge on any atom is 0.132 e. The summed E-state index contributed by atoms with van der Waals surface area (Å²) in [6.45, 7) is 0. The molecule has 1 aromatic carbocycles. The highest BCUT2D eigenvalue weighted by atomic mass is 79.9. The Morgan fingerprint density at radius 2 is 2.15 bits per heavy atom. The zero-order chi connectivity index (χ0) is 13.9. The van der Waals surface area contributed by atoms with E-state index in [1.165, 1.54) is 5.56 Å². The average Bonchev–Trinajstić information content (AvgIpc) is 2.82. The number of ether oxygens (including phenoxy) is 1. The summed E-state index contributed by atoms with van der Waals surface area (Å²) in [5.41, 5.74) is 2.28. The Labute approximate surface area is 125 Å². The summed E-state index contributed by atoms with van der Waals surface area (Å²) in [6.07, 6.45) is 5.34. The van der Waals surface area contributed by atoms with E-state index in [1.54, 1.807) is 19.6 Å². The van der Waals surface area contributed by atoms with Gasteiger partial charge >= 0.3 is 0 Å². The van der Waals surface area contributed by atoms with Gasteiger partial charge < -0.3 is 4.74 Å². The lowest BCUT2D eigenvalue weighted by Gasteiger charge is -2.04.